The summed E-state index contributed by atoms with van der Waals surface area (Å²) in [7, 11) is 0. The Hall–Kier alpha value is -2.63. The molecular formula is C19H23F3N6O3. The van der Waals surface area contributed by atoms with E-state index in [1.807, 2.05) is 11.8 Å². The Balaban J connectivity index is 1.54. The van der Waals surface area contributed by atoms with Crippen LogP contribution in [0.25, 0.3) is 0 Å². The van der Waals surface area contributed by atoms with Gasteiger partial charge in [0.2, 0.25) is 17.7 Å². The lowest BCUT2D eigenvalue weighted by atomic mass is 10.1. The first-order valence-electron chi connectivity index (χ1n) is 10.4. The number of ether oxygens (including phenoxy) is 1. The fourth-order valence-corrected chi connectivity index (χ4v) is 4.17. The average molecular weight is 440 g/mol. The minimum atomic E-state index is -4.50. The van der Waals surface area contributed by atoms with E-state index in [0.717, 1.165) is 17.7 Å². The fraction of sp³-hybridized carbons (Fsp3) is 0.684. The van der Waals surface area contributed by atoms with Crippen LogP contribution in [0.4, 0.5) is 24.9 Å². The predicted octanol–water partition coefficient (Wildman–Crippen LogP) is 2.07. The first kappa shape index (κ1) is 20.3. The molecule has 2 atom stereocenters. The Bertz CT molecular complexity index is 1020. The van der Waals surface area contributed by atoms with Crippen molar-refractivity contribution in [2.45, 2.75) is 63.5 Å². The van der Waals surface area contributed by atoms with Crippen LogP contribution < -0.4 is 15.4 Å². The van der Waals surface area contributed by atoms with E-state index in [1.165, 1.54) is 10.6 Å². The standard InChI is InChI=1S/C19H23F3N6O3/c1-11-10-30-7-6-26(11)14-8-16(29)27-5-4-13(19(20,21)22)28(18(27)23-14)9-15-24-25-17(31-15)12-2-3-12/h8,11-13H,2-7,9-10H2,1H3. The predicted molar refractivity (Wildman–Crippen MR) is 103 cm³/mol. The lowest BCUT2D eigenvalue weighted by molar-refractivity contribution is -0.153. The van der Waals surface area contributed by atoms with E-state index in [9.17, 15) is 18.0 Å². The molecule has 2 aliphatic heterocycles. The highest BCUT2D eigenvalue weighted by Crippen LogP contribution is 2.40. The third kappa shape index (κ3) is 3.88. The van der Waals surface area contributed by atoms with E-state index in [2.05, 4.69) is 15.2 Å². The fourth-order valence-electron chi connectivity index (χ4n) is 4.17. The van der Waals surface area contributed by atoms with Crippen LogP contribution in [-0.2, 0) is 17.8 Å². The van der Waals surface area contributed by atoms with Gasteiger partial charge in [0, 0.05) is 25.1 Å². The third-order valence-corrected chi connectivity index (χ3v) is 5.99. The van der Waals surface area contributed by atoms with E-state index in [0.29, 0.717) is 31.5 Å². The van der Waals surface area contributed by atoms with Gasteiger partial charge in [0.25, 0.3) is 5.56 Å². The maximum atomic E-state index is 13.9. The molecule has 5 rings (SSSR count). The van der Waals surface area contributed by atoms with Crippen LogP contribution in [0.1, 0.15) is 43.9 Å². The van der Waals surface area contributed by atoms with E-state index in [-0.39, 0.29) is 48.9 Å². The van der Waals surface area contributed by atoms with E-state index < -0.39 is 12.2 Å². The Morgan fingerprint density at radius 3 is 2.71 bits per heavy atom. The zero-order valence-corrected chi connectivity index (χ0v) is 17.0. The molecule has 2 unspecified atom stereocenters. The van der Waals surface area contributed by atoms with E-state index in [1.54, 1.807) is 0 Å². The van der Waals surface area contributed by atoms with Gasteiger partial charge in [0.15, 0.2) is 0 Å². The molecule has 1 saturated carbocycles. The molecule has 0 N–H and O–H groups in total. The second-order valence-electron chi connectivity index (χ2n) is 8.30. The zero-order chi connectivity index (χ0) is 21.8. The highest BCUT2D eigenvalue weighted by Gasteiger charge is 2.47. The molecule has 3 aliphatic rings. The highest BCUT2D eigenvalue weighted by molar-refractivity contribution is 5.47. The van der Waals surface area contributed by atoms with Crippen molar-refractivity contribution in [2.24, 2.45) is 0 Å². The number of hydrogen-bond donors (Lipinski definition) is 0. The second-order valence-corrected chi connectivity index (χ2v) is 8.30. The van der Waals surface area contributed by atoms with Crippen molar-refractivity contribution in [3.63, 3.8) is 0 Å². The Morgan fingerprint density at radius 2 is 2.00 bits per heavy atom. The van der Waals surface area contributed by atoms with Crippen LogP contribution in [0.5, 0.6) is 0 Å². The normalized spacial score (nSPS) is 24.4. The van der Waals surface area contributed by atoms with Crippen LogP contribution in [0.3, 0.4) is 0 Å². The molecule has 168 valence electrons. The molecule has 1 aliphatic carbocycles. The molecule has 2 aromatic rings. The van der Waals surface area contributed by atoms with Crippen molar-refractivity contribution in [1.29, 1.82) is 0 Å². The van der Waals surface area contributed by atoms with Gasteiger partial charge in [-0.1, -0.05) is 0 Å². The van der Waals surface area contributed by atoms with Crippen molar-refractivity contribution in [3.8, 4) is 0 Å². The van der Waals surface area contributed by atoms with Gasteiger partial charge in [0.1, 0.15) is 11.9 Å². The maximum Gasteiger partial charge on any atom is 0.408 e. The number of anilines is 2. The van der Waals surface area contributed by atoms with Crippen LogP contribution in [0.15, 0.2) is 15.3 Å². The number of alkyl halides is 3. The van der Waals surface area contributed by atoms with Gasteiger partial charge < -0.3 is 19.0 Å². The molecule has 31 heavy (non-hydrogen) atoms. The van der Waals surface area contributed by atoms with Gasteiger partial charge in [-0.15, -0.1) is 10.2 Å². The SMILES string of the molecule is CC1COCCN1c1cc(=O)n2c(n1)N(Cc1nnc(C3CC3)o1)C(C(F)(F)F)CC2. The van der Waals surface area contributed by atoms with Gasteiger partial charge >= 0.3 is 6.18 Å². The smallest absolute Gasteiger partial charge is 0.408 e. The van der Waals surface area contributed by atoms with Crippen molar-refractivity contribution < 1.29 is 22.3 Å². The topological polar surface area (TPSA) is 89.5 Å². The summed E-state index contributed by atoms with van der Waals surface area (Å²) >= 11 is 0. The molecule has 12 heteroatoms. The number of nitrogens with zero attached hydrogens (tertiary/aromatic N) is 6. The van der Waals surface area contributed by atoms with E-state index in [4.69, 9.17) is 9.15 Å². The van der Waals surface area contributed by atoms with Gasteiger partial charge in [-0.05, 0) is 26.2 Å². The Kier molecular flexibility index (Phi) is 4.91. The van der Waals surface area contributed by atoms with Crippen molar-refractivity contribution in [1.82, 2.24) is 19.7 Å². The van der Waals surface area contributed by atoms with Gasteiger partial charge in [0.05, 0.1) is 25.8 Å². The monoisotopic (exact) mass is 440 g/mol. The first-order chi connectivity index (χ1) is 14.8. The summed E-state index contributed by atoms with van der Waals surface area (Å²) in [6, 6.07) is -0.459. The number of fused-ring (bicyclic) bond motifs is 1. The lowest BCUT2D eigenvalue weighted by Gasteiger charge is -2.39. The minimum Gasteiger partial charge on any atom is -0.423 e. The van der Waals surface area contributed by atoms with Crippen molar-refractivity contribution in [3.05, 3.63) is 28.2 Å². The summed E-state index contributed by atoms with van der Waals surface area (Å²) in [6.07, 6.45) is -2.87. The number of rotatable bonds is 4. The molecule has 0 radical (unpaired) electrons. The first-order valence-corrected chi connectivity index (χ1v) is 10.4. The largest absolute Gasteiger partial charge is 0.423 e. The van der Waals surface area contributed by atoms with Crippen molar-refractivity contribution >= 4 is 11.8 Å². The van der Waals surface area contributed by atoms with Crippen LogP contribution in [0.2, 0.25) is 0 Å². The number of aromatic nitrogens is 4. The van der Waals surface area contributed by atoms with Gasteiger partial charge in [-0.3, -0.25) is 9.36 Å². The molecule has 2 fully saturated rings. The Morgan fingerprint density at radius 1 is 1.19 bits per heavy atom. The third-order valence-electron chi connectivity index (χ3n) is 5.99. The number of halogens is 3. The molecule has 0 bridgehead atoms. The van der Waals surface area contributed by atoms with Crippen LogP contribution >= 0.6 is 0 Å². The molecular weight excluding hydrogens is 417 g/mol. The molecule has 4 heterocycles. The lowest BCUT2D eigenvalue weighted by Crippen LogP contribution is -2.52. The van der Waals surface area contributed by atoms with Crippen LogP contribution in [0, 0.1) is 0 Å². The number of hydrogen-bond acceptors (Lipinski definition) is 8. The molecule has 2 aromatic heterocycles. The summed E-state index contributed by atoms with van der Waals surface area (Å²) in [5, 5.41) is 7.91. The Labute approximate surface area is 175 Å². The molecule has 1 saturated heterocycles. The second kappa shape index (κ2) is 7.50. The van der Waals surface area contributed by atoms with Gasteiger partial charge in [-0.2, -0.15) is 18.2 Å². The van der Waals surface area contributed by atoms with Crippen LogP contribution in [-0.4, -0.2) is 57.8 Å². The maximum absolute atomic E-state index is 13.9. The summed E-state index contributed by atoms with van der Waals surface area (Å²) in [6.45, 7) is 3.03. The number of morpholine rings is 1. The molecule has 0 aromatic carbocycles. The summed E-state index contributed by atoms with van der Waals surface area (Å²) < 4.78 is 54.0. The van der Waals surface area contributed by atoms with E-state index >= 15 is 0 Å². The zero-order valence-electron chi connectivity index (χ0n) is 17.0. The minimum absolute atomic E-state index is 0.0269. The highest BCUT2D eigenvalue weighted by atomic mass is 19.4. The molecule has 0 amide bonds. The summed E-state index contributed by atoms with van der Waals surface area (Å²) in [5.74, 6) is 1.06. The average Bonchev–Trinajstić information content (AvgIpc) is 3.47. The van der Waals surface area contributed by atoms with Crippen molar-refractivity contribution in [2.75, 3.05) is 29.6 Å². The molecule has 0 spiro atoms. The summed E-state index contributed by atoms with van der Waals surface area (Å²) in [4.78, 5) is 20.3. The van der Waals surface area contributed by atoms with Gasteiger partial charge in [-0.25, -0.2) is 0 Å². The quantitative estimate of drug-likeness (QED) is 0.714. The summed E-state index contributed by atoms with van der Waals surface area (Å²) in [5.41, 5.74) is -0.381. The molecule has 9 nitrogen and oxygen atoms in total.